The second-order valence-electron chi connectivity index (χ2n) is 9.97. The van der Waals surface area contributed by atoms with E-state index in [0.717, 1.165) is 4.90 Å². The van der Waals surface area contributed by atoms with E-state index in [0.29, 0.717) is 11.1 Å². The third-order valence-electron chi connectivity index (χ3n) is 6.84. The zero-order chi connectivity index (χ0) is 32.6. The maximum Gasteiger partial charge on any atom is 0.410 e. The number of rotatable bonds is 13. The Morgan fingerprint density at radius 3 is 2.16 bits per heavy atom. The zero-order valence-electron chi connectivity index (χ0n) is 24.4. The number of nitrogens with zero attached hydrogens (tertiary/aromatic N) is 1. The highest BCUT2D eigenvalue weighted by Gasteiger charge is 2.33. The molecule has 0 aliphatic heterocycles. The van der Waals surface area contributed by atoms with E-state index in [1.165, 1.54) is 51.6 Å². The predicted octanol–water partition coefficient (Wildman–Crippen LogP) is 2.50. The number of esters is 1. The number of hydrogen-bond donors (Lipinski definition) is 5. The minimum Gasteiger partial charge on any atom is -0.507 e. The van der Waals surface area contributed by atoms with E-state index in [2.05, 4.69) is 4.74 Å². The molecule has 0 aliphatic carbocycles. The summed E-state index contributed by atoms with van der Waals surface area (Å²) in [4.78, 5) is 50.9. The summed E-state index contributed by atoms with van der Waals surface area (Å²) < 4.78 is 15.5. The third-order valence-corrected chi connectivity index (χ3v) is 6.84. The molecule has 0 aromatic heterocycles. The number of phenolic OH excluding ortho intramolecular Hbond substituents is 2. The fourth-order valence-electron chi connectivity index (χ4n) is 4.60. The van der Waals surface area contributed by atoms with Crippen molar-refractivity contribution < 1.29 is 48.7 Å². The topological polar surface area (TPSA) is 212 Å². The first-order valence-electron chi connectivity index (χ1n) is 13.4. The molecule has 7 N–H and O–H groups in total. The van der Waals surface area contributed by atoms with Gasteiger partial charge in [-0.15, -0.1) is 0 Å². The number of carboxylic acid groups (broad SMARTS) is 1. The van der Waals surface area contributed by atoms with Crippen molar-refractivity contribution in [3.05, 3.63) is 77.4 Å². The van der Waals surface area contributed by atoms with E-state index in [1.54, 1.807) is 30.3 Å². The van der Waals surface area contributed by atoms with Crippen LogP contribution in [0.15, 0.2) is 60.7 Å². The van der Waals surface area contributed by atoms with Gasteiger partial charge in [-0.1, -0.05) is 36.4 Å². The number of hydrogen-bond acceptors (Lipinski definition) is 11. The van der Waals surface area contributed by atoms with Crippen molar-refractivity contribution in [3.63, 3.8) is 0 Å². The normalized spacial score (nSPS) is 12.8. The Bertz CT molecular complexity index is 1510. The van der Waals surface area contributed by atoms with Gasteiger partial charge in [0.2, 0.25) is 0 Å². The Labute approximate surface area is 253 Å². The molecule has 3 aromatic rings. The summed E-state index contributed by atoms with van der Waals surface area (Å²) in [5.74, 6) is -3.40. The van der Waals surface area contributed by atoms with Gasteiger partial charge in [-0.25, -0.2) is 4.79 Å². The van der Waals surface area contributed by atoms with Crippen molar-refractivity contribution in [2.24, 2.45) is 11.5 Å². The Morgan fingerprint density at radius 2 is 1.55 bits per heavy atom. The van der Waals surface area contributed by atoms with Crippen LogP contribution in [0.25, 0.3) is 11.1 Å². The van der Waals surface area contributed by atoms with Crippen molar-refractivity contribution >= 4 is 23.8 Å². The average Bonchev–Trinajstić information content (AvgIpc) is 3.00. The van der Waals surface area contributed by atoms with E-state index in [-0.39, 0.29) is 47.0 Å². The van der Waals surface area contributed by atoms with Crippen LogP contribution in [0.2, 0.25) is 0 Å². The van der Waals surface area contributed by atoms with Crippen LogP contribution in [0.4, 0.5) is 4.79 Å². The number of carbonyl (C=O) groups excluding carboxylic acids is 3. The Balaban J connectivity index is 2.07. The molecule has 1 amide bonds. The number of carbonyl (C=O) groups is 4. The van der Waals surface area contributed by atoms with Gasteiger partial charge in [0.15, 0.2) is 17.3 Å². The summed E-state index contributed by atoms with van der Waals surface area (Å²) >= 11 is 0. The minimum absolute atomic E-state index is 0.0259. The fraction of sp³-hybridized carbons (Fsp3) is 0.290. The highest BCUT2D eigenvalue weighted by atomic mass is 16.6. The molecule has 44 heavy (non-hydrogen) atoms. The number of benzene rings is 3. The summed E-state index contributed by atoms with van der Waals surface area (Å²) in [6.45, 7) is -0.0859. The molecule has 13 heteroatoms. The highest BCUT2D eigenvalue weighted by Crippen LogP contribution is 2.43. The van der Waals surface area contributed by atoms with Gasteiger partial charge in [0.25, 0.3) is 0 Å². The summed E-state index contributed by atoms with van der Waals surface area (Å²) in [6.07, 6.45) is -1.51. The van der Waals surface area contributed by atoms with Gasteiger partial charge in [-0.2, -0.15) is 0 Å². The van der Waals surface area contributed by atoms with Crippen LogP contribution in [0.5, 0.6) is 17.2 Å². The van der Waals surface area contributed by atoms with Crippen LogP contribution in [-0.2, 0) is 36.9 Å². The molecule has 3 atom stereocenters. The number of likely N-dealkylation sites (N-methyl/N-ethyl adjacent to an activating group) is 1. The van der Waals surface area contributed by atoms with Gasteiger partial charge in [-0.05, 0) is 47.4 Å². The number of aromatic hydroxyl groups is 2. The number of amides is 1. The standard InChI is InChI=1S/C31H35N3O10/c1-34(31(41)44-16-17-7-5-4-6-8-17)27(25(36)15-22(32)29(38)39)19-9-10-24(35)20(14-19)21-11-18(12-23(33)30(40)43-3)13-26(37)28(21)42-2/h4-11,13-14,22-23,27,35,37H,12,15-16,32-33H2,1-3H3,(H,38,39)/t22-,23?,27?/m0/s1. The molecule has 3 rings (SSSR count). The number of ketones is 1. The molecule has 0 heterocycles. The first-order chi connectivity index (χ1) is 20.9. The van der Waals surface area contributed by atoms with Gasteiger partial charge in [-0.3, -0.25) is 19.3 Å². The van der Waals surface area contributed by atoms with Crippen LogP contribution in [-0.4, -0.2) is 77.4 Å². The Morgan fingerprint density at radius 1 is 0.864 bits per heavy atom. The number of carboxylic acids is 1. The Hall–Kier alpha value is -5.14. The summed E-state index contributed by atoms with van der Waals surface area (Å²) in [5, 5.41) is 30.9. The number of Topliss-reactive ketones (excluding diaryl/α,β-unsaturated/α-hetero) is 1. The maximum absolute atomic E-state index is 13.5. The molecule has 0 bridgehead atoms. The number of aliphatic carboxylic acids is 1. The molecule has 3 aromatic carbocycles. The van der Waals surface area contributed by atoms with E-state index >= 15 is 0 Å². The molecule has 0 saturated carbocycles. The number of methoxy groups -OCH3 is 2. The van der Waals surface area contributed by atoms with Crippen LogP contribution in [0.1, 0.15) is 29.2 Å². The van der Waals surface area contributed by atoms with Gasteiger partial charge in [0, 0.05) is 24.6 Å². The molecule has 13 nitrogen and oxygen atoms in total. The quantitative estimate of drug-likeness (QED) is 0.177. The molecule has 0 saturated heterocycles. The van der Waals surface area contributed by atoms with Crippen LogP contribution in [0.3, 0.4) is 0 Å². The third kappa shape index (κ3) is 8.02. The van der Waals surface area contributed by atoms with Crippen LogP contribution >= 0.6 is 0 Å². The summed E-state index contributed by atoms with van der Waals surface area (Å²) in [7, 11) is 3.81. The van der Waals surface area contributed by atoms with Gasteiger partial charge in [0.1, 0.15) is 30.5 Å². The second-order valence-corrected chi connectivity index (χ2v) is 9.97. The molecule has 0 fully saturated rings. The van der Waals surface area contributed by atoms with Gasteiger partial charge >= 0.3 is 18.0 Å². The molecular weight excluding hydrogens is 574 g/mol. The number of phenols is 2. The highest BCUT2D eigenvalue weighted by molar-refractivity contribution is 5.93. The first-order valence-corrected chi connectivity index (χ1v) is 13.4. The van der Waals surface area contributed by atoms with Crippen molar-refractivity contribution in [2.45, 2.75) is 37.6 Å². The Kier molecular flexibility index (Phi) is 11.3. The summed E-state index contributed by atoms with van der Waals surface area (Å²) in [6, 6.07) is 11.8. The van der Waals surface area contributed by atoms with Crippen LogP contribution < -0.4 is 16.2 Å². The lowest BCUT2D eigenvalue weighted by Crippen LogP contribution is -2.40. The maximum atomic E-state index is 13.5. The monoisotopic (exact) mass is 609 g/mol. The van der Waals surface area contributed by atoms with E-state index < -0.39 is 48.4 Å². The van der Waals surface area contributed by atoms with Gasteiger partial charge < -0.3 is 41.0 Å². The summed E-state index contributed by atoms with van der Waals surface area (Å²) in [5.41, 5.74) is 13.1. The smallest absolute Gasteiger partial charge is 0.410 e. The fourth-order valence-corrected chi connectivity index (χ4v) is 4.60. The van der Waals surface area contributed by atoms with Crippen molar-refractivity contribution in [1.82, 2.24) is 4.90 Å². The van der Waals surface area contributed by atoms with E-state index in [9.17, 15) is 34.5 Å². The molecule has 0 radical (unpaired) electrons. The van der Waals surface area contributed by atoms with Crippen LogP contribution in [0, 0.1) is 0 Å². The molecule has 2 unspecified atom stereocenters. The SMILES string of the molecule is COC(=O)C(N)Cc1cc(O)c(OC)c(-c2cc(C(C(=O)C[C@H](N)C(=O)O)N(C)C(=O)OCc3ccccc3)ccc2O)c1. The number of ether oxygens (including phenoxy) is 3. The molecule has 0 spiro atoms. The van der Waals surface area contributed by atoms with E-state index in [4.69, 9.17) is 20.9 Å². The van der Waals surface area contributed by atoms with E-state index in [1.807, 2.05) is 0 Å². The molecular formula is C31H35N3O10. The average molecular weight is 610 g/mol. The molecule has 234 valence electrons. The van der Waals surface area contributed by atoms with Gasteiger partial charge in [0.05, 0.1) is 14.2 Å². The minimum atomic E-state index is -1.54. The first kappa shape index (κ1) is 33.4. The lowest BCUT2D eigenvalue weighted by atomic mass is 9.92. The van der Waals surface area contributed by atoms with Crippen molar-refractivity contribution in [1.29, 1.82) is 0 Å². The number of nitrogens with two attached hydrogens (primary N) is 2. The lowest BCUT2D eigenvalue weighted by molar-refractivity contribution is -0.142. The van der Waals surface area contributed by atoms with Crippen molar-refractivity contribution in [2.75, 3.05) is 21.3 Å². The second kappa shape index (κ2) is 14.8. The lowest BCUT2D eigenvalue weighted by Gasteiger charge is -2.28. The zero-order valence-corrected chi connectivity index (χ0v) is 24.4. The molecule has 0 aliphatic rings. The van der Waals surface area contributed by atoms with Crippen molar-refractivity contribution in [3.8, 4) is 28.4 Å². The predicted molar refractivity (Wildman–Crippen MR) is 158 cm³/mol. The largest absolute Gasteiger partial charge is 0.507 e.